The Bertz CT molecular complexity index is 3640. The first kappa shape index (κ1) is 97.6. The highest BCUT2D eigenvalue weighted by Gasteiger charge is 2.49. The molecule has 13 N–H and O–H groups in total. The molecule has 0 aromatic rings. The molecular formula is C82H141N18O16+. The normalized spacial score (nSPS) is 19.3. The molecule has 5 rings (SSSR count). The molecule has 0 saturated carbocycles. The van der Waals surface area contributed by atoms with Crippen LogP contribution in [0.4, 0.5) is 0 Å². The number of hydrogen-bond donors (Lipinski definition) is 13. The van der Waals surface area contributed by atoms with Gasteiger partial charge in [-0.15, -0.1) is 0 Å². The Morgan fingerprint density at radius 2 is 0.853 bits per heavy atom. The Labute approximate surface area is 686 Å². The van der Waals surface area contributed by atoms with Gasteiger partial charge < -0.3 is 83.8 Å². The summed E-state index contributed by atoms with van der Waals surface area (Å²) in [5, 5.41) is 35.7. The molecule has 34 nitrogen and oxygen atoms in total. The number of rotatable bonds is 38. The van der Waals surface area contributed by atoms with Gasteiger partial charge in [-0.1, -0.05) is 48.5 Å². The molecule has 5 heterocycles. The summed E-state index contributed by atoms with van der Waals surface area (Å²) in [6.45, 7) is 39.0. The Hall–Kier alpha value is -9.01. The minimum Gasteiger partial charge on any atom is -0.354 e. The third-order valence-electron chi connectivity index (χ3n) is 22.4. The first-order valence-corrected chi connectivity index (χ1v) is 42.0. The summed E-state index contributed by atoms with van der Waals surface area (Å²) >= 11 is 0. The van der Waals surface area contributed by atoms with Gasteiger partial charge in [0.05, 0.1) is 38.6 Å². The molecule has 3 saturated heterocycles. The number of nitrogens with zero attached hydrogens (tertiary/aromatic N) is 5. The van der Waals surface area contributed by atoms with E-state index in [-0.39, 0.29) is 87.9 Å². The van der Waals surface area contributed by atoms with Crippen molar-refractivity contribution in [3.63, 3.8) is 0 Å². The van der Waals surface area contributed by atoms with Crippen molar-refractivity contribution in [2.45, 2.75) is 343 Å². The number of likely N-dealkylation sites (tertiary alicyclic amines) is 3. The van der Waals surface area contributed by atoms with Gasteiger partial charge in [0.25, 0.3) is 0 Å². The molecule has 0 bridgehead atoms. The van der Waals surface area contributed by atoms with E-state index in [0.717, 1.165) is 58.2 Å². The van der Waals surface area contributed by atoms with Crippen LogP contribution in [-0.4, -0.2) is 264 Å². The SMILES string of the molecule is CC[C@](C)(NC(=O)[C@@H]1CCCCN1C(=O)C(C)(C)NC(=O)[C@@H]1CCCCN1C(C)=O)C(=O)NC(C)(C)C(=O)N[C@@H](CC(C)C)C(=O)NCCC(=O)NCC(=O)NC(C)(C)C(=O)NC(C)(C)C(=O)N1CCCC[C@H]1C(=O)NC(C)(C)C(=O)N[C@@H](C)C(=O)N[C@@H](CC(C)C)C(=O)NC(C)(C)C(=O)N[C@@H](CC(C)C)CN1CCC[N+]2=C1CCC2. The van der Waals surface area contributed by atoms with Crippen molar-refractivity contribution in [1.82, 2.24) is 88.7 Å². The predicted octanol–water partition coefficient (Wildman–Crippen LogP) is 1.43. The van der Waals surface area contributed by atoms with Crippen LogP contribution in [-0.2, 0) is 76.7 Å². The summed E-state index contributed by atoms with van der Waals surface area (Å²) in [6, 6.07) is -6.43. The van der Waals surface area contributed by atoms with E-state index in [1.54, 1.807) is 34.6 Å². The van der Waals surface area contributed by atoms with Crippen LogP contribution in [0.3, 0.4) is 0 Å². The molecule has 0 unspecified atom stereocenters. The highest BCUT2D eigenvalue weighted by molar-refractivity contribution is 6.03. The smallest absolute Gasteiger partial charge is 0.248 e. The van der Waals surface area contributed by atoms with Crippen molar-refractivity contribution in [3.05, 3.63) is 0 Å². The van der Waals surface area contributed by atoms with E-state index in [4.69, 9.17) is 0 Å². The second-order valence-corrected chi connectivity index (χ2v) is 37.1. The maximum absolute atomic E-state index is 14.5. The molecule has 116 heavy (non-hydrogen) atoms. The first-order chi connectivity index (χ1) is 53.7. The van der Waals surface area contributed by atoms with Gasteiger partial charge in [0, 0.05) is 45.9 Å². The number of carbonyl (C=O) groups excluding carboxylic acids is 16. The van der Waals surface area contributed by atoms with Gasteiger partial charge >= 0.3 is 0 Å². The summed E-state index contributed by atoms with van der Waals surface area (Å²) in [6.07, 6.45) is 8.70. The van der Waals surface area contributed by atoms with Crippen molar-refractivity contribution in [3.8, 4) is 0 Å². The third-order valence-corrected chi connectivity index (χ3v) is 22.4. The van der Waals surface area contributed by atoms with Crippen molar-refractivity contribution >= 4 is 100 Å². The van der Waals surface area contributed by atoms with E-state index in [0.29, 0.717) is 51.1 Å². The van der Waals surface area contributed by atoms with Crippen molar-refractivity contribution in [2.75, 3.05) is 58.9 Å². The number of carbonyl (C=O) groups is 16. The molecule has 16 amide bonds. The van der Waals surface area contributed by atoms with Crippen LogP contribution in [0.15, 0.2) is 0 Å². The fourth-order valence-corrected chi connectivity index (χ4v) is 15.3. The predicted molar refractivity (Wildman–Crippen MR) is 437 cm³/mol. The lowest BCUT2D eigenvalue weighted by atomic mass is 9.91. The number of amidine groups is 1. The highest BCUT2D eigenvalue weighted by Crippen LogP contribution is 2.28. The van der Waals surface area contributed by atoms with Gasteiger partial charge in [-0.25, -0.2) is 0 Å². The van der Waals surface area contributed by atoms with Crippen LogP contribution in [0.2, 0.25) is 0 Å². The number of piperidine rings is 3. The van der Waals surface area contributed by atoms with E-state index in [2.05, 4.69) is 92.4 Å². The molecule has 5 aliphatic rings. The van der Waals surface area contributed by atoms with Gasteiger partial charge in [-0.3, -0.25) is 86.2 Å². The average molecular weight is 1640 g/mol. The topological polar surface area (TPSA) is 445 Å². The number of amides is 16. The summed E-state index contributed by atoms with van der Waals surface area (Å²) in [7, 11) is 0. The minimum atomic E-state index is -1.67. The molecule has 654 valence electrons. The van der Waals surface area contributed by atoms with E-state index < -0.39 is 164 Å². The maximum Gasteiger partial charge on any atom is 0.248 e. The lowest BCUT2D eigenvalue weighted by Crippen LogP contribution is -2.67. The largest absolute Gasteiger partial charge is 0.354 e. The zero-order valence-electron chi connectivity index (χ0n) is 73.4. The molecule has 0 aliphatic carbocycles. The van der Waals surface area contributed by atoms with Crippen LogP contribution < -0.4 is 69.1 Å². The van der Waals surface area contributed by atoms with Crippen LogP contribution in [0, 0.1) is 17.8 Å². The van der Waals surface area contributed by atoms with Crippen LogP contribution in [0.1, 0.15) is 261 Å². The van der Waals surface area contributed by atoms with Crippen LogP contribution in [0.5, 0.6) is 0 Å². The molecular weight excluding hydrogens is 1490 g/mol. The molecule has 0 aromatic heterocycles. The van der Waals surface area contributed by atoms with E-state index >= 15 is 0 Å². The van der Waals surface area contributed by atoms with Gasteiger partial charge in [-0.2, -0.15) is 0 Å². The van der Waals surface area contributed by atoms with Crippen molar-refractivity contribution < 1.29 is 81.3 Å². The second kappa shape index (κ2) is 41.4. The molecule has 3 fully saturated rings. The zero-order valence-corrected chi connectivity index (χ0v) is 73.4. The highest BCUT2D eigenvalue weighted by atomic mass is 16.2. The zero-order chi connectivity index (χ0) is 87.6. The van der Waals surface area contributed by atoms with Gasteiger partial charge in [0.15, 0.2) is 0 Å². The monoisotopic (exact) mass is 1630 g/mol. The number of hydrogen-bond acceptors (Lipinski definition) is 17. The standard InChI is InChI=1S/C82H140N18O16/c1-23-82(22,93-68(109)59-34-26-29-43-100(59)74(115)80(18,19)92-66(107)57-32-24-27-41-98(57)53(9)101)73(114)95-78(14,15)71(112)88-55(45-50(4)5)64(105)83-37-36-60(102)84-47-61(103)89-79(16,17)72(113)94-81(20,21)75(116)99-42-28-25-33-58(99)67(108)91-76(10,11)69(110)85-52(8)63(104)87-56(46-51(6)7)65(106)90-77(12,13)70(111)86-54(44-49(2)3)48-97-40-31-39-96-38-30-35-62(96)97/h49-52,54-59H,23-48H2,1-22H3,(H12-,83,84,85,86,87,88,89,90,91,92,93,94,95,102,103,104,105,106,107,108,109,110,111,112,113,114)/p+1/t52-,54-,55-,56-,57-,58-,59-,82-/m0/s1. The fraction of sp³-hybridized carbons (Fsp3) is 0.793. The Morgan fingerprint density at radius 1 is 0.414 bits per heavy atom. The van der Waals surface area contributed by atoms with Crippen molar-refractivity contribution in [2.24, 2.45) is 17.8 Å². The van der Waals surface area contributed by atoms with Gasteiger partial charge in [0.2, 0.25) is 100 Å². The summed E-state index contributed by atoms with van der Waals surface area (Å²) < 4.78 is 2.43. The lowest BCUT2D eigenvalue weighted by molar-refractivity contribution is -0.530. The summed E-state index contributed by atoms with van der Waals surface area (Å²) in [4.78, 5) is 228. The molecule has 5 aliphatic heterocycles. The maximum atomic E-state index is 14.5. The Kier molecular flexibility index (Phi) is 34.8. The van der Waals surface area contributed by atoms with Crippen LogP contribution in [0.25, 0.3) is 0 Å². The molecule has 0 aromatic carbocycles. The van der Waals surface area contributed by atoms with Gasteiger partial charge in [-0.05, 0) is 205 Å². The quantitative estimate of drug-likeness (QED) is 0.0389. The molecule has 34 heteroatoms. The lowest BCUT2D eigenvalue weighted by Gasteiger charge is -2.42. The first-order valence-electron chi connectivity index (χ1n) is 42.0. The third kappa shape index (κ3) is 27.6. The van der Waals surface area contributed by atoms with Crippen LogP contribution >= 0.6 is 0 Å². The number of nitrogens with one attached hydrogen (secondary N) is 13. The van der Waals surface area contributed by atoms with E-state index in [1.165, 1.54) is 96.7 Å². The van der Waals surface area contributed by atoms with Gasteiger partial charge in [0.1, 0.15) is 81.6 Å². The minimum absolute atomic E-state index is 0.0648. The second-order valence-electron chi connectivity index (χ2n) is 37.1. The Morgan fingerprint density at radius 3 is 1.38 bits per heavy atom. The van der Waals surface area contributed by atoms with E-state index in [9.17, 15) is 76.7 Å². The molecule has 0 spiro atoms. The summed E-state index contributed by atoms with van der Waals surface area (Å²) in [5.41, 5.74) is -11.1. The fourth-order valence-electron chi connectivity index (χ4n) is 15.3. The van der Waals surface area contributed by atoms with E-state index in [1.807, 2.05) is 27.7 Å². The Balaban J connectivity index is 1.08. The summed E-state index contributed by atoms with van der Waals surface area (Å²) in [5.74, 6) is -8.43. The average Bonchev–Trinajstić information content (AvgIpc) is 1.00. The van der Waals surface area contributed by atoms with Crippen molar-refractivity contribution in [1.29, 1.82) is 0 Å². The molecule has 8 atom stereocenters. The molecule has 0 radical (unpaired) electrons.